The zero-order valence-electron chi connectivity index (χ0n) is 15.7. The second-order valence-electron chi connectivity index (χ2n) is 6.27. The van der Waals surface area contributed by atoms with Crippen LogP contribution in [-0.4, -0.2) is 29.2 Å². The van der Waals surface area contributed by atoms with Crippen molar-refractivity contribution in [3.63, 3.8) is 0 Å². The van der Waals surface area contributed by atoms with E-state index in [9.17, 15) is 4.79 Å². The first-order chi connectivity index (χ1) is 9.96. The third-order valence-corrected chi connectivity index (χ3v) is 3.56. The lowest BCUT2D eigenvalue weighted by Gasteiger charge is -2.35. The van der Waals surface area contributed by atoms with Crippen LogP contribution >= 0.6 is 0 Å². The van der Waals surface area contributed by atoms with Gasteiger partial charge >= 0.3 is 6.09 Å². The Morgan fingerprint density at radius 3 is 2.56 bits per heavy atom. The molecule has 2 aliphatic rings. The van der Waals surface area contributed by atoms with E-state index in [0.717, 1.165) is 32.1 Å². The summed E-state index contributed by atoms with van der Waals surface area (Å²) in [5.74, 6) is 0.00819. The van der Waals surface area contributed by atoms with E-state index in [2.05, 4.69) is 0 Å². The van der Waals surface area contributed by atoms with Crippen LogP contribution in [0.1, 0.15) is 71.1 Å². The Balaban J connectivity index is 2.27. The summed E-state index contributed by atoms with van der Waals surface area (Å²) in [6, 6.07) is -0.738. The molecule has 1 saturated carbocycles. The number of hydrogen-bond acceptors (Lipinski definition) is 2. The monoisotopic (exact) mass is 257 g/mol. The van der Waals surface area contributed by atoms with E-state index in [1.165, 1.54) is 4.90 Å². The van der Waals surface area contributed by atoms with Crippen molar-refractivity contribution >= 4 is 6.09 Å². The summed E-state index contributed by atoms with van der Waals surface area (Å²) in [5.41, 5.74) is -0.670. The number of nitrogens with zero attached hydrogens (tertiary/aromatic N) is 1. The highest BCUT2D eigenvalue weighted by molar-refractivity contribution is 5.69. The fraction of sp³-hybridized carbons (Fsp3) is 0.933. The van der Waals surface area contributed by atoms with Crippen LogP contribution < -0.4 is 0 Å². The van der Waals surface area contributed by atoms with Crippen molar-refractivity contribution in [3.05, 3.63) is 0 Å². The number of carbonyl (C=O) groups is 1. The molecule has 0 N–H and O–H groups in total. The molecule has 1 amide bonds. The van der Waals surface area contributed by atoms with E-state index in [4.69, 9.17) is 10.2 Å². The van der Waals surface area contributed by atoms with Crippen molar-refractivity contribution in [1.29, 1.82) is 0 Å². The largest absolute Gasteiger partial charge is 0.444 e. The summed E-state index contributed by atoms with van der Waals surface area (Å²) in [6.45, 7) is 5.05. The normalized spacial score (nSPS) is 35.3. The van der Waals surface area contributed by atoms with Crippen molar-refractivity contribution in [2.24, 2.45) is 5.92 Å². The van der Waals surface area contributed by atoms with Crippen LogP contribution in [-0.2, 0) is 4.74 Å². The molecule has 3 nitrogen and oxygen atoms in total. The molecule has 0 radical (unpaired) electrons. The number of likely N-dealkylation sites (tertiary alicyclic amines) is 1. The van der Waals surface area contributed by atoms with Gasteiger partial charge in [0.25, 0.3) is 0 Å². The molecule has 2 rings (SSSR count). The lowest BCUT2D eigenvalue weighted by molar-refractivity contribution is 0.0157. The Labute approximate surface area is 116 Å². The summed E-state index contributed by atoms with van der Waals surface area (Å²) in [5, 5.41) is 0. The van der Waals surface area contributed by atoms with Gasteiger partial charge in [-0.2, -0.15) is 0 Å². The average Bonchev–Trinajstić information content (AvgIpc) is 2.55. The number of rotatable bonds is 1. The Morgan fingerprint density at radius 2 is 1.94 bits per heavy atom. The maximum Gasteiger partial charge on any atom is 0.410 e. The zero-order chi connectivity index (χ0) is 16.8. The maximum absolute atomic E-state index is 12.5. The molecule has 1 aliphatic heterocycles. The number of hydrogen-bond donors (Lipinski definition) is 0. The molecule has 0 spiro atoms. The molecule has 1 heterocycles. The van der Waals surface area contributed by atoms with Gasteiger partial charge in [-0.25, -0.2) is 4.79 Å². The van der Waals surface area contributed by atoms with Gasteiger partial charge in [-0.3, -0.25) is 0 Å². The maximum atomic E-state index is 12.5. The molecule has 18 heavy (non-hydrogen) atoms. The fourth-order valence-electron chi connectivity index (χ4n) is 2.73. The average molecular weight is 257 g/mol. The number of ether oxygens (including phenoxy) is 1. The minimum Gasteiger partial charge on any atom is -0.444 e. The molecular weight excluding hydrogens is 226 g/mol. The quantitative estimate of drug-likeness (QED) is 0.711. The summed E-state index contributed by atoms with van der Waals surface area (Å²) in [4.78, 5) is 13.8. The first-order valence-electron chi connectivity index (χ1n) is 8.95. The van der Waals surface area contributed by atoms with Crippen LogP contribution in [0.25, 0.3) is 0 Å². The van der Waals surface area contributed by atoms with E-state index in [1.807, 2.05) is 0 Å². The highest BCUT2D eigenvalue weighted by atomic mass is 16.6. The molecule has 3 heteroatoms. The van der Waals surface area contributed by atoms with Crippen molar-refractivity contribution < 1.29 is 15.0 Å². The molecule has 2 fully saturated rings. The highest BCUT2D eigenvalue weighted by Crippen LogP contribution is 2.34. The fourth-order valence-corrected chi connectivity index (χ4v) is 2.73. The molecule has 104 valence electrons. The van der Waals surface area contributed by atoms with Gasteiger partial charge in [0.05, 0.1) is 0 Å². The molecule has 1 atom stereocenters. The van der Waals surface area contributed by atoms with E-state index >= 15 is 0 Å². The van der Waals surface area contributed by atoms with Crippen molar-refractivity contribution in [2.45, 2.75) is 77.3 Å². The standard InChI is InChI=1S/C15H27NO2/c1-15(2,3)18-14(17)16-11-7-10-13(16)12-8-5-4-6-9-12/h12-13H,4-11H2,1-3H3/t13-/m1/s1/i7D2,10D2. The van der Waals surface area contributed by atoms with Crippen molar-refractivity contribution in [2.75, 3.05) is 6.54 Å². The predicted molar refractivity (Wildman–Crippen MR) is 72.5 cm³/mol. The predicted octanol–water partition coefficient (Wildman–Crippen LogP) is 3.97. The van der Waals surface area contributed by atoms with Crippen LogP contribution in [0.2, 0.25) is 0 Å². The zero-order valence-corrected chi connectivity index (χ0v) is 11.7. The van der Waals surface area contributed by atoms with Crippen molar-refractivity contribution in [1.82, 2.24) is 4.90 Å². The summed E-state index contributed by atoms with van der Waals surface area (Å²) < 4.78 is 38.0. The smallest absolute Gasteiger partial charge is 0.410 e. The van der Waals surface area contributed by atoms with Gasteiger partial charge < -0.3 is 9.64 Å². The minimum atomic E-state index is -2.05. The lowest BCUT2D eigenvalue weighted by Crippen LogP contribution is -2.43. The molecule has 0 bridgehead atoms. The van der Waals surface area contributed by atoms with Gasteiger partial charge in [0, 0.05) is 18.1 Å². The SMILES string of the molecule is [2H]C1([2H])CN(C(=O)OC(C)(C)C)[C@@H](C2CCCCC2)C1([2H])[2H]. The Bertz CT molecular complexity index is 428. The van der Waals surface area contributed by atoms with Gasteiger partial charge in [-0.1, -0.05) is 19.3 Å². The van der Waals surface area contributed by atoms with Gasteiger partial charge in [0.15, 0.2) is 0 Å². The van der Waals surface area contributed by atoms with E-state index in [1.54, 1.807) is 20.8 Å². The van der Waals surface area contributed by atoms with Gasteiger partial charge in [-0.15, -0.1) is 0 Å². The molecule has 0 unspecified atom stereocenters. The third kappa shape index (κ3) is 3.39. The van der Waals surface area contributed by atoms with Gasteiger partial charge in [0.2, 0.25) is 0 Å². The first kappa shape index (κ1) is 9.22. The Morgan fingerprint density at radius 1 is 1.28 bits per heavy atom. The van der Waals surface area contributed by atoms with E-state index in [0.29, 0.717) is 0 Å². The van der Waals surface area contributed by atoms with Gasteiger partial charge in [-0.05, 0) is 52.3 Å². The van der Waals surface area contributed by atoms with Gasteiger partial charge in [0.1, 0.15) is 5.60 Å². The lowest BCUT2D eigenvalue weighted by atomic mass is 9.83. The minimum absolute atomic E-state index is 0.00819. The number of amides is 1. The second-order valence-corrected chi connectivity index (χ2v) is 6.27. The molecule has 1 saturated heterocycles. The molecule has 1 aliphatic carbocycles. The summed E-state index contributed by atoms with van der Waals surface area (Å²) in [7, 11) is 0. The molecule has 0 aromatic rings. The Kier molecular flexibility index (Phi) is 2.82. The highest BCUT2D eigenvalue weighted by Gasteiger charge is 2.37. The van der Waals surface area contributed by atoms with E-state index < -0.39 is 30.5 Å². The topological polar surface area (TPSA) is 29.5 Å². The van der Waals surface area contributed by atoms with E-state index in [-0.39, 0.29) is 12.5 Å². The molecule has 0 aromatic heterocycles. The summed E-state index contributed by atoms with van der Waals surface area (Å²) >= 11 is 0. The number of carbonyl (C=O) groups excluding carboxylic acids is 1. The van der Waals surface area contributed by atoms with Crippen molar-refractivity contribution in [3.8, 4) is 0 Å². The Hall–Kier alpha value is -0.730. The van der Waals surface area contributed by atoms with Crippen LogP contribution in [0.3, 0.4) is 0 Å². The second kappa shape index (κ2) is 5.50. The molecule has 0 aromatic carbocycles. The van der Waals surface area contributed by atoms with Crippen LogP contribution in [0.15, 0.2) is 0 Å². The summed E-state index contributed by atoms with van der Waals surface area (Å²) in [6.07, 6.45) is 0.154. The molecular formula is C15H27NO2. The third-order valence-electron chi connectivity index (χ3n) is 3.56. The van der Waals surface area contributed by atoms with Crippen LogP contribution in [0.4, 0.5) is 4.79 Å². The van der Waals surface area contributed by atoms with Crippen LogP contribution in [0.5, 0.6) is 0 Å². The first-order valence-corrected chi connectivity index (χ1v) is 6.95. The van der Waals surface area contributed by atoms with Crippen LogP contribution in [0, 0.1) is 5.92 Å².